The lowest BCUT2D eigenvalue weighted by atomic mass is 10.2. The molecular weight excluding hydrogens is 468 g/mol. The SMILES string of the molecule is CCCCN(CCCC)S(=O)(=O)c1ccc(C(=O)Nc2nc3c(s2)CN(C)CC3)cc1.Cl. The van der Waals surface area contributed by atoms with Gasteiger partial charge in [-0.1, -0.05) is 26.7 Å². The molecular formula is C22H33ClN4O3S2. The number of benzene rings is 1. The van der Waals surface area contributed by atoms with Crippen molar-refractivity contribution >= 4 is 44.8 Å². The van der Waals surface area contributed by atoms with Crippen molar-refractivity contribution < 1.29 is 13.2 Å². The van der Waals surface area contributed by atoms with E-state index in [9.17, 15) is 13.2 Å². The van der Waals surface area contributed by atoms with Gasteiger partial charge in [-0.05, 0) is 44.2 Å². The fourth-order valence-corrected chi connectivity index (χ4v) is 6.09. The number of amides is 1. The lowest BCUT2D eigenvalue weighted by Crippen LogP contribution is -2.33. The zero-order valence-electron chi connectivity index (χ0n) is 19.0. The van der Waals surface area contributed by atoms with Crippen LogP contribution < -0.4 is 5.32 Å². The second-order valence-electron chi connectivity index (χ2n) is 7.97. The van der Waals surface area contributed by atoms with Crippen molar-refractivity contribution in [2.24, 2.45) is 0 Å². The van der Waals surface area contributed by atoms with Gasteiger partial charge in [0.1, 0.15) is 0 Å². The maximum Gasteiger partial charge on any atom is 0.257 e. The highest BCUT2D eigenvalue weighted by molar-refractivity contribution is 7.89. The number of aromatic nitrogens is 1. The van der Waals surface area contributed by atoms with Gasteiger partial charge in [0.2, 0.25) is 10.0 Å². The normalized spacial score (nSPS) is 14.1. The van der Waals surface area contributed by atoms with Crippen LogP contribution in [0.4, 0.5) is 5.13 Å². The summed E-state index contributed by atoms with van der Waals surface area (Å²) in [5, 5.41) is 3.45. The third kappa shape index (κ3) is 6.51. The molecule has 7 nitrogen and oxygen atoms in total. The maximum atomic E-state index is 13.1. The Kier molecular flexibility index (Phi) is 10.1. The Labute approximate surface area is 201 Å². The molecule has 2 heterocycles. The van der Waals surface area contributed by atoms with Gasteiger partial charge >= 0.3 is 0 Å². The maximum absolute atomic E-state index is 13.1. The second kappa shape index (κ2) is 12.1. The highest BCUT2D eigenvalue weighted by Gasteiger charge is 2.24. The molecule has 1 aliphatic rings. The van der Waals surface area contributed by atoms with E-state index in [1.807, 2.05) is 0 Å². The molecule has 0 aliphatic carbocycles. The van der Waals surface area contributed by atoms with E-state index in [-0.39, 0.29) is 23.2 Å². The molecule has 1 aromatic carbocycles. The highest BCUT2D eigenvalue weighted by atomic mass is 35.5. The third-order valence-corrected chi connectivity index (χ3v) is 8.33. The fraction of sp³-hybridized carbons (Fsp3) is 0.545. The molecule has 0 radical (unpaired) electrons. The van der Waals surface area contributed by atoms with Gasteiger partial charge in [0.05, 0.1) is 10.6 Å². The molecule has 1 aromatic heterocycles. The van der Waals surface area contributed by atoms with E-state index >= 15 is 0 Å². The van der Waals surface area contributed by atoms with Crippen LogP contribution in [0.25, 0.3) is 0 Å². The number of carbonyl (C=O) groups is 1. The molecule has 1 amide bonds. The first-order valence-electron chi connectivity index (χ1n) is 10.9. The summed E-state index contributed by atoms with van der Waals surface area (Å²) in [5.41, 5.74) is 1.47. The molecule has 1 N–H and O–H groups in total. The summed E-state index contributed by atoms with van der Waals surface area (Å²) in [6.07, 6.45) is 4.42. The van der Waals surface area contributed by atoms with Gasteiger partial charge in [-0.25, -0.2) is 13.4 Å². The molecule has 2 aromatic rings. The Hall–Kier alpha value is -1.52. The first-order valence-corrected chi connectivity index (χ1v) is 13.2. The Balaban J connectivity index is 0.00000363. The minimum Gasteiger partial charge on any atom is -0.301 e. The lowest BCUT2D eigenvalue weighted by molar-refractivity contribution is 0.102. The number of hydrogen-bond acceptors (Lipinski definition) is 6. The quantitative estimate of drug-likeness (QED) is 0.523. The van der Waals surface area contributed by atoms with Gasteiger partial charge in [0.25, 0.3) is 5.91 Å². The molecule has 0 saturated heterocycles. The summed E-state index contributed by atoms with van der Waals surface area (Å²) in [4.78, 5) is 20.8. The fourth-order valence-electron chi connectivity index (χ4n) is 3.49. The zero-order chi connectivity index (χ0) is 22.4. The summed E-state index contributed by atoms with van der Waals surface area (Å²) in [5.74, 6) is -0.280. The van der Waals surface area contributed by atoms with Gasteiger partial charge in [0, 0.05) is 43.0 Å². The van der Waals surface area contributed by atoms with Crippen molar-refractivity contribution in [3.63, 3.8) is 0 Å². The van der Waals surface area contributed by atoms with Crippen LogP contribution in [0.2, 0.25) is 0 Å². The third-order valence-electron chi connectivity index (χ3n) is 5.42. The van der Waals surface area contributed by atoms with Crippen molar-refractivity contribution in [3.8, 4) is 0 Å². The first kappa shape index (κ1) is 26.7. The molecule has 0 spiro atoms. The number of nitrogens with one attached hydrogen (secondary N) is 1. The Morgan fingerprint density at radius 2 is 1.78 bits per heavy atom. The minimum atomic E-state index is -3.57. The van der Waals surface area contributed by atoms with E-state index in [0.717, 1.165) is 50.9 Å². The van der Waals surface area contributed by atoms with Crippen molar-refractivity contribution in [1.82, 2.24) is 14.2 Å². The molecule has 10 heteroatoms. The highest BCUT2D eigenvalue weighted by Crippen LogP contribution is 2.28. The number of likely N-dealkylation sites (N-methyl/N-ethyl adjacent to an activating group) is 1. The summed E-state index contributed by atoms with van der Waals surface area (Å²) in [6, 6.07) is 6.19. The Morgan fingerprint density at radius 1 is 1.16 bits per heavy atom. The number of halogens is 1. The number of nitrogens with zero attached hydrogens (tertiary/aromatic N) is 3. The molecule has 178 valence electrons. The van der Waals surface area contributed by atoms with Gasteiger partial charge in [-0.3, -0.25) is 10.1 Å². The molecule has 0 bridgehead atoms. The number of thiazole rings is 1. The average molecular weight is 501 g/mol. The predicted octanol–water partition coefficient (Wildman–Crippen LogP) is 4.40. The van der Waals surface area contributed by atoms with Gasteiger partial charge in [0.15, 0.2) is 5.13 Å². The standard InChI is InChI=1S/C22H32N4O3S2.ClH/c1-4-6-13-26(14-7-5-2)31(28,29)18-10-8-17(9-11-18)21(27)24-22-23-19-12-15-25(3)16-20(19)30-22;/h8-11H,4-7,12-16H2,1-3H3,(H,23,24,27);1H. The number of anilines is 1. The van der Waals surface area contributed by atoms with Crippen LogP contribution in [-0.4, -0.2) is 55.2 Å². The van der Waals surface area contributed by atoms with E-state index in [0.29, 0.717) is 23.8 Å². The topological polar surface area (TPSA) is 82.6 Å². The number of carbonyl (C=O) groups excluding carboxylic acids is 1. The minimum absolute atomic E-state index is 0. The van der Waals surface area contributed by atoms with Crippen molar-refractivity contribution in [2.45, 2.75) is 57.4 Å². The van der Waals surface area contributed by atoms with Crippen LogP contribution in [0.3, 0.4) is 0 Å². The molecule has 32 heavy (non-hydrogen) atoms. The van der Waals surface area contributed by atoms with E-state index in [4.69, 9.17) is 0 Å². The van der Waals surface area contributed by atoms with Crippen molar-refractivity contribution in [1.29, 1.82) is 0 Å². The first-order chi connectivity index (χ1) is 14.8. The van der Waals surface area contributed by atoms with Gasteiger partial charge in [-0.2, -0.15) is 4.31 Å². The average Bonchev–Trinajstić information content (AvgIpc) is 3.15. The van der Waals surface area contributed by atoms with E-state index in [2.05, 4.69) is 36.1 Å². The summed E-state index contributed by atoms with van der Waals surface area (Å²) in [7, 11) is -1.50. The lowest BCUT2D eigenvalue weighted by Gasteiger charge is -2.22. The van der Waals surface area contributed by atoms with E-state index < -0.39 is 10.0 Å². The molecule has 0 fully saturated rings. The molecule has 0 atom stereocenters. The Bertz CT molecular complexity index is 985. The summed E-state index contributed by atoms with van der Waals surface area (Å²) < 4.78 is 27.7. The molecule has 3 rings (SSSR count). The predicted molar refractivity (Wildman–Crippen MR) is 132 cm³/mol. The van der Waals surface area contributed by atoms with E-state index in [1.54, 1.807) is 16.4 Å². The van der Waals surface area contributed by atoms with Crippen LogP contribution in [0.1, 0.15) is 60.5 Å². The van der Waals surface area contributed by atoms with Crippen LogP contribution in [-0.2, 0) is 23.0 Å². The number of fused-ring (bicyclic) bond motifs is 1. The van der Waals surface area contributed by atoms with Crippen LogP contribution in [0.15, 0.2) is 29.2 Å². The number of unbranched alkanes of at least 4 members (excludes halogenated alkanes) is 2. The smallest absolute Gasteiger partial charge is 0.257 e. The van der Waals surface area contributed by atoms with Crippen LogP contribution in [0, 0.1) is 0 Å². The van der Waals surface area contributed by atoms with Gasteiger partial charge < -0.3 is 4.90 Å². The Morgan fingerprint density at radius 3 is 2.38 bits per heavy atom. The molecule has 0 unspecified atom stereocenters. The second-order valence-corrected chi connectivity index (χ2v) is 11.0. The van der Waals surface area contributed by atoms with Gasteiger partial charge in [-0.15, -0.1) is 23.7 Å². The van der Waals surface area contributed by atoms with Crippen LogP contribution >= 0.6 is 23.7 Å². The number of rotatable bonds is 10. The van der Waals surface area contributed by atoms with Crippen molar-refractivity contribution in [2.75, 3.05) is 32.0 Å². The van der Waals surface area contributed by atoms with E-state index in [1.165, 1.54) is 28.3 Å². The molecule has 1 aliphatic heterocycles. The largest absolute Gasteiger partial charge is 0.301 e. The molecule has 0 saturated carbocycles. The number of sulfonamides is 1. The van der Waals surface area contributed by atoms with Crippen LogP contribution in [0.5, 0.6) is 0 Å². The monoisotopic (exact) mass is 500 g/mol. The zero-order valence-corrected chi connectivity index (χ0v) is 21.4. The van der Waals surface area contributed by atoms with Crippen molar-refractivity contribution in [3.05, 3.63) is 40.4 Å². The summed E-state index contributed by atoms with van der Waals surface area (Å²) in [6.45, 7) is 6.95. The summed E-state index contributed by atoms with van der Waals surface area (Å²) >= 11 is 1.50. The number of hydrogen-bond donors (Lipinski definition) is 1.